The van der Waals surface area contributed by atoms with Crippen LogP contribution in [-0.4, -0.2) is 14.5 Å². The summed E-state index contributed by atoms with van der Waals surface area (Å²) in [6.07, 6.45) is 0. The third-order valence-electron chi connectivity index (χ3n) is 8.79. The summed E-state index contributed by atoms with van der Waals surface area (Å²) in [6.45, 7) is 7.71. The molecule has 8 rings (SSSR count). The predicted octanol–water partition coefficient (Wildman–Crippen LogP) is 11.4. The van der Waals surface area contributed by atoms with E-state index in [0.717, 1.165) is 44.8 Å². The molecule has 224 valence electrons. The van der Waals surface area contributed by atoms with Crippen LogP contribution < -0.4 is 4.90 Å². The van der Waals surface area contributed by atoms with Gasteiger partial charge in [0.1, 0.15) is 0 Å². The van der Waals surface area contributed by atoms with Crippen LogP contribution in [0.1, 0.15) is 11.1 Å². The first-order valence-corrected chi connectivity index (χ1v) is 17.4. The summed E-state index contributed by atoms with van der Waals surface area (Å²) >= 11 is -0.00235. The molecule has 3 nitrogen and oxygen atoms in total. The number of rotatable bonds is 6. The van der Waals surface area contributed by atoms with Gasteiger partial charge in [-0.05, 0) is 0 Å². The van der Waals surface area contributed by atoms with Gasteiger partial charge in [0, 0.05) is 0 Å². The van der Waals surface area contributed by atoms with Crippen LogP contribution in [0.15, 0.2) is 169 Å². The fourth-order valence-electron chi connectivity index (χ4n) is 6.49. The first-order chi connectivity index (χ1) is 23.7. The van der Waals surface area contributed by atoms with Gasteiger partial charge in [0.15, 0.2) is 0 Å². The second-order valence-electron chi connectivity index (χ2n) is 11.6. The van der Waals surface area contributed by atoms with E-state index in [0.29, 0.717) is 0 Å². The number of fused-ring (bicyclic) bond motifs is 3. The Labute approximate surface area is 286 Å². The van der Waals surface area contributed by atoms with Gasteiger partial charge in [-0.1, -0.05) is 0 Å². The third-order valence-corrected chi connectivity index (χ3v) is 11.1. The van der Waals surface area contributed by atoms with Crippen molar-refractivity contribution in [2.45, 2.75) is 0 Å². The number of benzene rings is 6. The minimum atomic E-state index is -0.00235. The van der Waals surface area contributed by atoms with Gasteiger partial charge in [-0.2, -0.15) is 0 Å². The molecule has 0 radical (unpaired) electrons. The van der Waals surface area contributed by atoms with Crippen LogP contribution in [0.3, 0.4) is 0 Å². The van der Waals surface area contributed by atoms with Gasteiger partial charge in [-0.25, -0.2) is 0 Å². The van der Waals surface area contributed by atoms with E-state index in [-0.39, 0.29) is 20.2 Å². The van der Waals surface area contributed by atoms with E-state index in [2.05, 4.69) is 149 Å². The Bertz CT molecular complexity index is 2290. The van der Waals surface area contributed by atoms with Crippen molar-refractivity contribution in [3.63, 3.8) is 0 Å². The molecular weight excluding hydrogens is 649 g/mol. The topological polar surface area (TPSA) is 31.4 Å². The standard InChI is InChI=1S/C44H27N3Se/c1-46-41(29-45)44-39-15-9-8-14-37(39)38-25-20-34(28-40(38)44)42-26-27-43(48-42)47(35-21-16-32(17-22-35)30-10-4-2-5-11-30)36-23-18-33(19-24-36)31-12-6-3-7-13-31/h2-28H/b44-41-. The quantitative estimate of drug-likeness (QED) is 0.0997. The molecule has 0 saturated heterocycles. The predicted molar refractivity (Wildman–Crippen MR) is 198 cm³/mol. The maximum absolute atomic E-state index is 9.85. The summed E-state index contributed by atoms with van der Waals surface area (Å²) < 4.78 is 2.49. The normalized spacial score (nSPS) is 12.4. The average molecular weight is 677 g/mol. The SMILES string of the molecule is [C-]#[N+]/C(C#N)=C1/c2ccccc2-c2ccc(-c3ccc(N(c4ccc(-c5ccccc5)cc4)c4ccc(-c5ccccc5)cc4)[se]3)cc21. The molecule has 1 heterocycles. The molecule has 48 heavy (non-hydrogen) atoms. The molecule has 0 saturated carbocycles. The second kappa shape index (κ2) is 12.6. The van der Waals surface area contributed by atoms with Crippen LogP contribution >= 0.6 is 0 Å². The Morgan fingerprint density at radius 2 is 1.02 bits per heavy atom. The molecule has 0 atom stereocenters. The van der Waals surface area contributed by atoms with Gasteiger partial charge in [-0.3, -0.25) is 0 Å². The van der Waals surface area contributed by atoms with Crippen LogP contribution in [0.2, 0.25) is 0 Å². The Kier molecular flexibility index (Phi) is 7.65. The van der Waals surface area contributed by atoms with E-state index < -0.39 is 0 Å². The number of nitrogens with zero attached hydrogens (tertiary/aromatic N) is 3. The van der Waals surface area contributed by atoms with Gasteiger partial charge in [0.25, 0.3) is 0 Å². The van der Waals surface area contributed by atoms with Crippen molar-refractivity contribution in [3.05, 3.63) is 192 Å². The van der Waals surface area contributed by atoms with Crippen LogP contribution in [-0.2, 0) is 0 Å². The fraction of sp³-hybridized carbons (Fsp3) is 0. The van der Waals surface area contributed by atoms with Crippen molar-refractivity contribution in [2.75, 3.05) is 4.90 Å². The van der Waals surface area contributed by atoms with E-state index in [1.807, 2.05) is 30.3 Å². The molecule has 4 heteroatoms. The van der Waals surface area contributed by atoms with E-state index in [9.17, 15) is 5.26 Å². The average Bonchev–Trinajstić information content (AvgIpc) is 3.77. The summed E-state index contributed by atoms with van der Waals surface area (Å²) in [5.74, 6) is 0. The first kappa shape index (κ1) is 29.3. The molecule has 1 aliphatic carbocycles. The van der Waals surface area contributed by atoms with Gasteiger partial charge >= 0.3 is 288 Å². The van der Waals surface area contributed by atoms with Gasteiger partial charge in [0.2, 0.25) is 0 Å². The molecule has 0 aliphatic heterocycles. The van der Waals surface area contributed by atoms with E-state index in [4.69, 9.17) is 6.57 Å². The van der Waals surface area contributed by atoms with Crippen molar-refractivity contribution in [1.29, 1.82) is 5.26 Å². The van der Waals surface area contributed by atoms with Crippen molar-refractivity contribution in [3.8, 4) is 49.5 Å². The molecular formula is C44H27N3Se. The summed E-state index contributed by atoms with van der Waals surface area (Å²) in [7, 11) is 0. The molecule has 0 unspecified atom stereocenters. The Morgan fingerprint density at radius 1 is 0.521 bits per heavy atom. The summed E-state index contributed by atoms with van der Waals surface area (Å²) in [5, 5.41) is 9.85. The zero-order chi connectivity index (χ0) is 32.5. The van der Waals surface area contributed by atoms with Gasteiger partial charge < -0.3 is 0 Å². The molecule has 1 aromatic heterocycles. The zero-order valence-corrected chi connectivity index (χ0v) is 27.6. The molecule has 7 aromatic rings. The molecule has 0 amide bonds. The number of nitriles is 1. The van der Waals surface area contributed by atoms with Crippen molar-refractivity contribution >= 4 is 36.0 Å². The first-order valence-electron chi connectivity index (χ1n) is 15.7. The van der Waals surface area contributed by atoms with Crippen LogP contribution in [0.25, 0.3) is 53.8 Å². The Morgan fingerprint density at radius 3 is 1.58 bits per heavy atom. The molecule has 0 N–H and O–H groups in total. The number of hydrogen-bond acceptors (Lipinski definition) is 2. The second-order valence-corrected chi connectivity index (χ2v) is 13.8. The molecule has 0 bridgehead atoms. The number of hydrogen-bond donors (Lipinski definition) is 0. The third kappa shape index (κ3) is 5.26. The van der Waals surface area contributed by atoms with Crippen LogP contribution in [0.4, 0.5) is 15.9 Å². The molecule has 1 aliphatic rings. The summed E-state index contributed by atoms with van der Waals surface area (Å²) in [4.78, 5) is 5.98. The number of anilines is 3. The Hall–Kier alpha value is -6.16. The molecule has 0 fully saturated rings. The van der Waals surface area contributed by atoms with Crippen LogP contribution in [0.5, 0.6) is 0 Å². The van der Waals surface area contributed by atoms with E-state index in [1.54, 1.807) is 0 Å². The monoisotopic (exact) mass is 677 g/mol. The van der Waals surface area contributed by atoms with Gasteiger partial charge in [0.05, 0.1) is 0 Å². The summed E-state index contributed by atoms with van der Waals surface area (Å²) in [6, 6.07) is 59.7. The van der Waals surface area contributed by atoms with E-state index >= 15 is 0 Å². The maximum atomic E-state index is 9.85. The van der Waals surface area contributed by atoms with E-state index in [1.165, 1.54) is 31.3 Å². The number of allylic oxidation sites excluding steroid dienone is 1. The fourth-order valence-corrected chi connectivity index (χ4v) is 8.68. The summed E-state index contributed by atoms with van der Waals surface area (Å²) in [5.41, 5.74) is 13.0. The van der Waals surface area contributed by atoms with Crippen LogP contribution in [0, 0.1) is 17.9 Å². The molecule has 0 spiro atoms. The molecule has 6 aromatic carbocycles. The van der Waals surface area contributed by atoms with Crippen molar-refractivity contribution < 1.29 is 0 Å². The van der Waals surface area contributed by atoms with Gasteiger partial charge in [-0.15, -0.1) is 0 Å². The zero-order valence-electron chi connectivity index (χ0n) is 25.8. The minimum absolute atomic E-state index is 0.00235. The Balaban J connectivity index is 1.20. The van der Waals surface area contributed by atoms with Crippen molar-refractivity contribution in [1.82, 2.24) is 0 Å². The van der Waals surface area contributed by atoms with Crippen molar-refractivity contribution in [2.24, 2.45) is 0 Å².